The third kappa shape index (κ3) is 4.14. The molecule has 0 amide bonds. The third-order valence-electron chi connectivity index (χ3n) is 3.53. The fraction of sp³-hybridized carbons (Fsp3) is 0.412. The Morgan fingerprint density at radius 3 is 2.75 bits per heavy atom. The summed E-state index contributed by atoms with van der Waals surface area (Å²) in [7, 11) is 1.70. The number of ether oxygens (including phenoxy) is 1. The lowest BCUT2D eigenvalue weighted by Gasteiger charge is -2.20. The van der Waals surface area contributed by atoms with Crippen LogP contribution in [0.2, 0.25) is 0 Å². The molecule has 1 aromatic heterocycles. The van der Waals surface area contributed by atoms with Crippen LogP contribution in [0.5, 0.6) is 5.75 Å². The molecule has 0 saturated carbocycles. The van der Waals surface area contributed by atoms with Gasteiger partial charge in [0.15, 0.2) is 0 Å². The zero-order chi connectivity index (χ0) is 14.4. The normalized spacial score (nSPS) is 13.9. The van der Waals surface area contributed by atoms with Gasteiger partial charge < -0.3 is 14.5 Å². The highest BCUT2D eigenvalue weighted by Crippen LogP contribution is 2.19. The summed E-state index contributed by atoms with van der Waals surface area (Å²) in [5.74, 6) is 1.95. The fourth-order valence-corrected chi connectivity index (χ4v) is 2.33. The predicted octanol–water partition coefficient (Wildman–Crippen LogP) is 3.96. The van der Waals surface area contributed by atoms with Crippen molar-refractivity contribution in [1.82, 2.24) is 5.32 Å². The number of furan rings is 1. The van der Waals surface area contributed by atoms with Crippen molar-refractivity contribution in [2.45, 2.75) is 38.8 Å². The van der Waals surface area contributed by atoms with Crippen molar-refractivity contribution < 1.29 is 9.15 Å². The molecule has 0 aliphatic heterocycles. The van der Waals surface area contributed by atoms with Crippen LogP contribution in [0.4, 0.5) is 0 Å². The van der Waals surface area contributed by atoms with Gasteiger partial charge in [0.2, 0.25) is 0 Å². The highest BCUT2D eigenvalue weighted by atomic mass is 16.5. The van der Waals surface area contributed by atoms with Crippen LogP contribution in [-0.4, -0.2) is 13.2 Å². The first kappa shape index (κ1) is 14.7. The van der Waals surface area contributed by atoms with Gasteiger partial charge in [-0.15, -0.1) is 0 Å². The van der Waals surface area contributed by atoms with Crippen LogP contribution in [0.25, 0.3) is 0 Å². The largest absolute Gasteiger partial charge is 0.497 e. The van der Waals surface area contributed by atoms with E-state index in [1.54, 1.807) is 13.4 Å². The number of methoxy groups -OCH3 is 1. The van der Waals surface area contributed by atoms with Gasteiger partial charge in [-0.2, -0.15) is 0 Å². The first-order chi connectivity index (χ1) is 9.69. The van der Waals surface area contributed by atoms with Crippen LogP contribution < -0.4 is 10.1 Å². The van der Waals surface area contributed by atoms with Crippen molar-refractivity contribution in [3.63, 3.8) is 0 Å². The molecule has 0 aliphatic carbocycles. The van der Waals surface area contributed by atoms with E-state index in [0.29, 0.717) is 12.1 Å². The third-order valence-corrected chi connectivity index (χ3v) is 3.53. The quantitative estimate of drug-likeness (QED) is 0.829. The Morgan fingerprint density at radius 1 is 1.20 bits per heavy atom. The molecule has 20 heavy (non-hydrogen) atoms. The van der Waals surface area contributed by atoms with Gasteiger partial charge in [-0.25, -0.2) is 0 Å². The molecular formula is C17H23NO2. The molecule has 0 spiro atoms. The van der Waals surface area contributed by atoms with E-state index in [0.717, 1.165) is 24.4 Å². The molecule has 0 fully saturated rings. The minimum atomic E-state index is 0.303. The molecule has 3 heteroatoms. The Hall–Kier alpha value is -1.74. The van der Waals surface area contributed by atoms with Crippen LogP contribution in [0.3, 0.4) is 0 Å². The number of aryl methyl sites for hydroxylation is 1. The maximum absolute atomic E-state index is 5.36. The summed E-state index contributed by atoms with van der Waals surface area (Å²) in [5.41, 5.74) is 1.24. The van der Waals surface area contributed by atoms with Gasteiger partial charge in [-0.05, 0) is 50.1 Å². The van der Waals surface area contributed by atoms with Crippen LogP contribution in [0.1, 0.15) is 37.6 Å². The molecule has 3 nitrogen and oxygen atoms in total. The SMILES string of the molecule is COc1cccc([C@@H](C)NC(C)CCc2ccco2)c1. The van der Waals surface area contributed by atoms with Gasteiger partial charge in [0.05, 0.1) is 13.4 Å². The molecule has 0 radical (unpaired) electrons. The van der Waals surface area contributed by atoms with Crippen molar-refractivity contribution in [1.29, 1.82) is 0 Å². The summed E-state index contributed by atoms with van der Waals surface area (Å²) in [6.07, 6.45) is 3.75. The van der Waals surface area contributed by atoms with Crippen molar-refractivity contribution in [2.75, 3.05) is 7.11 Å². The van der Waals surface area contributed by atoms with E-state index in [1.165, 1.54) is 5.56 Å². The minimum absolute atomic E-state index is 0.303. The Kier molecular flexibility index (Phi) is 5.24. The van der Waals surface area contributed by atoms with Gasteiger partial charge in [0.25, 0.3) is 0 Å². The molecule has 2 aromatic rings. The van der Waals surface area contributed by atoms with E-state index in [4.69, 9.17) is 9.15 Å². The summed E-state index contributed by atoms with van der Waals surface area (Å²) in [5, 5.41) is 3.61. The summed E-state index contributed by atoms with van der Waals surface area (Å²) >= 11 is 0. The zero-order valence-corrected chi connectivity index (χ0v) is 12.4. The Bertz CT molecular complexity index is 507. The number of hydrogen-bond donors (Lipinski definition) is 1. The Labute approximate surface area is 121 Å². The molecule has 108 valence electrons. The van der Waals surface area contributed by atoms with Crippen molar-refractivity contribution in [3.05, 3.63) is 54.0 Å². The molecule has 0 bridgehead atoms. The second-order valence-corrected chi connectivity index (χ2v) is 5.18. The van der Waals surface area contributed by atoms with Crippen LogP contribution >= 0.6 is 0 Å². The van der Waals surface area contributed by atoms with Gasteiger partial charge >= 0.3 is 0 Å². The fourth-order valence-electron chi connectivity index (χ4n) is 2.33. The molecule has 2 atom stereocenters. The zero-order valence-electron chi connectivity index (χ0n) is 12.4. The minimum Gasteiger partial charge on any atom is -0.497 e. The van der Waals surface area contributed by atoms with E-state index >= 15 is 0 Å². The second kappa shape index (κ2) is 7.15. The standard InChI is InChI=1S/C17H23NO2/c1-13(9-10-16-8-5-11-20-16)18-14(2)15-6-4-7-17(12-15)19-3/h4-8,11-14,18H,9-10H2,1-3H3/t13?,14-/m1/s1. The predicted molar refractivity (Wildman–Crippen MR) is 81.0 cm³/mol. The molecule has 1 aromatic carbocycles. The topological polar surface area (TPSA) is 34.4 Å². The molecule has 1 unspecified atom stereocenters. The van der Waals surface area contributed by atoms with E-state index in [-0.39, 0.29) is 0 Å². The number of rotatable bonds is 7. The number of benzene rings is 1. The van der Waals surface area contributed by atoms with Crippen molar-refractivity contribution >= 4 is 0 Å². The highest BCUT2D eigenvalue weighted by molar-refractivity contribution is 5.30. The molecule has 1 heterocycles. The molecule has 0 saturated heterocycles. The van der Waals surface area contributed by atoms with Crippen LogP contribution in [0.15, 0.2) is 47.1 Å². The summed E-state index contributed by atoms with van der Waals surface area (Å²) in [4.78, 5) is 0. The van der Waals surface area contributed by atoms with Gasteiger partial charge in [-0.1, -0.05) is 12.1 Å². The first-order valence-corrected chi connectivity index (χ1v) is 7.11. The van der Waals surface area contributed by atoms with E-state index in [9.17, 15) is 0 Å². The van der Waals surface area contributed by atoms with Gasteiger partial charge in [-0.3, -0.25) is 0 Å². The lowest BCUT2D eigenvalue weighted by molar-refractivity contribution is 0.410. The lowest BCUT2D eigenvalue weighted by Crippen LogP contribution is -2.29. The monoisotopic (exact) mass is 273 g/mol. The summed E-state index contributed by atoms with van der Waals surface area (Å²) in [6.45, 7) is 4.39. The average Bonchev–Trinajstić information content (AvgIpc) is 2.98. The Morgan fingerprint density at radius 2 is 2.05 bits per heavy atom. The van der Waals surface area contributed by atoms with Crippen molar-refractivity contribution in [3.8, 4) is 5.75 Å². The Balaban J connectivity index is 1.84. The molecule has 1 N–H and O–H groups in total. The lowest BCUT2D eigenvalue weighted by atomic mass is 10.1. The van der Waals surface area contributed by atoms with Crippen LogP contribution in [0, 0.1) is 0 Å². The summed E-state index contributed by atoms with van der Waals surface area (Å²) < 4.78 is 10.6. The number of nitrogens with one attached hydrogen (secondary N) is 1. The van der Waals surface area contributed by atoms with Crippen LogP contribution in [-0.2, 0) is 6.42 Å². The van der Waals surface area contributed by atoms with E-state index < -0.39 is 0 Å². The molecular weight excluding hydrogens is 250 g/mol. The second-order valence-electron chi connectivity index (χ2n) is 5.18. The van der Waals surface area contributed by atoms with Gasteiger partial charge in [0, 0.05) is 18.5 Å². The maximum atomic E-state index is 5.36. The van der Waals surface area contributed by atoms with E-state index in [2.05, 4.69) is 31.3 Å². The van der Waals surface area contributed by atoms with E-state index in [1.807, 2.05) is 24.3 Å². The molecule has 0 aliphatic rings. The smallest absolute Gasteiger partial charge is 0.119 e. The molecule has 2 rings (SSSR count). The van der Waals surface area contributed by atoms with Gasteiger partial charge in [0.1, 0.15) is 11.5 Å². The van der Waals surface area contributed by atoms with Crippen molar-refractivity contribution in [2.24, 2.45) is 0 Å². The summed E-state index contributed by atoms with van der Waals surface area (Å²) in [6, 6.07) is 12.9. The average molecular weight is 273 g/mol. The number of hydrogen-bond acceptors (Lipinski definition) is 3. The first-order valence-electron chi connectivity index (χ1n) is 7.11. The maximum Gasteiger partial charge on any atom is 0.119 e. The highest BCUT2D eigenvalue weighted by Gasteiger charge is 2.10.